The summed E-state index contributed by atoms with van der Waals surface area (Å²) in [6, 6.07) is 11.2. The number of alkyl halides is 3. The van der Waals surface area contributed by atoms with Gasteiger partial charge in [-0.15, -0.1) is 13.2 Å². The number of phenols is 1. The van der Waals surface area contributed by atoms with E-state index in [-0.39, 0.29) is 23.3 Å². The molecule has 26 heavy (non-hydrogen) atoms. The summed E-state index contributed by atoms with van der Waals surface area (Å²) in [6.07, 6.45) is -4.43. The zero-order valence-corrected chi connectivity index (χ0v) is 13.6. The molecule has 3 rings (SSSR count). The van der Waals surface area contributed by atoms with Crippen LogP contribution in [0.15, 0.2) is 48.5 Å². The molecule has 0 bridgehead atoms. The van der Waals surface area contributed by atoms with Crippen molar-refractivity contribution in [3.8, 4) is 17.2 Å². The van der Waals surface area contributed by atoms with Crippen LogP contribution in [0.4, 0.5) is 13.2 Å². The fourth-order valence-electron chi connectivity index (χ4n) is 2.73. The third-order valence-electron chi connectivity index (χ3n) is 3.89. The summed E-state index contributed by atoms with van der Waals surface area (Å²) in [5.41, 5.74) is 0.122. The minimum atomic E-state index is -4.81. The SMILES string of the molecule is O=C(c1cccc(OC(F)(F)F)c1)N1CC[C@@H](Oc2ccc(O)cc2)C1. The Kier molecular flexibility index (Phi) is 4.92. The molecule has 0 spiro atoms. The average molecular weight is 367 g/mol. The Labute approximate surface area is 147 Å². The van der Waals surface area contributed by atoms with E-state index in [0.29, 0.717) is 25.3 Å². The van der Waals surface area contributed by atoms with Gasteiger partial charge in [0.05, 0.1) is 6.54 Å². The predicted molar refractivity (Wildman–Crippen MR) is 86.2 cm³/mol. The van der Waals surface area contributed by atoms with Gasteiger partial charge in [-0.05, 0) is 42.5 Å². The Balaban J connectivity index is 1.62. The minimum absolute atomic E-state index is 0.122. The molecule has 2 aromatic carbocycles. The summed E-state index contributed by atoms with van der Waals surface area (Å²) >= 11 is 0. The molecule has 1 N–H and O–H groups in total. The number of hydrogen-bond acceptors (Lipinski definition) is 4. The maximum absolute atomic E-state index is 12.5. The molecule has 1 aliphatic heterocycles. The number of benzene rings is 2. The number of carbonyl (C=O) groups excluding carboxylic acids is 1. The molecule has 1 aliphatic rings. The highest BCUT2D eigenvalue weighted by atomic mass is 19.4. The Morgan fingerprint density at radius 2 is 1.85 bits per heavy atom. The molecule has 0 unspecified atom stereocenters. The van der Waals surface area contributed by atoms with Crippen LogP contribution in [-0.2, 0) is 0 Å². The van der Waals surface area contributed by atoms with Gasteiger partial charge in [-0.2, -0.15) is 0 Å². The lowest BCUT2D eigenvalue weighted by atomic mass is 10.2. The summed E-state index contributed by atoms with van der Waals surface area (Å²) in [6.45, 7) is 0.760. The van der Waals surface area contributed by atoms with E-state index < -0.39 is 12.1 Å². The lowest BCUT2D eigenvalue weighted by Crippen LogP contribution is -2.31. The third-order valence-corrected chi connectivity index (χ3v) is 3.89. The first-order valence-corrected chi connectivity index (χ1v) is 7.91. The van der Waals surface area contributed by atoms with E-state index in [1.807, 2.05) is 0 Å². The number of ether oxygens (including phenoxy) is 2. The molecule has 0 saturated carbocycles. The van der Waals surface area contributed by atoms with Gasteiger partial charge >= 0.3 is 6.36 Å². The van der Waals surface area contributed by atoms with Gasteiger partial charge in [-0.1, -0.05) is 6.07 Å². The highest BCUT2D eigenvalue weighted by molar-refractivity contribution is 5.94. The van der Waals surface area contributed by atoms with Crippen molar-refractivity contribution in [2.75, 3.05) is 13.1 Å². The molecule has 1 heterocycles. The fourth-order valence-corrected chi connectivity index (χ4v) is 2.73. The normalized spacial score (nSPS) is 17.2. The van der Waals surface area contributed by atoms with E-state index in [4.69, 9.17) is 4.74 Å². The molecule has 8 heteroatoms. The van der Waals surface area contributed by atoms with Crippen LogP contribution >= 0.6 is 0 Å². The second-order valence-corrected chi connectivity index (χ2v) is 5.85. The summed E-state index contributed by atoms with van der Waals surface area (Å²) < 4.78 is 46.5. The van der Waals surface area contributed by atoms with E-state index in [0.717, 1.165) is 12.1 Å². The Hall–Kier alpha value is -2.90. The molecule has 1 amide bonds. The topological polar surface area (TPSA) is 59.0 Å². The number of halogens is 3. The molecule has 2 aromatic rings. The van der Waals surface area contributed by atoms with Crippen LogP contribution in [0.3, 0.4) is 0 Å². The van der Waals surface area contributed by atoms with Crippen LogP contribution in [0.25, 0.3) is 0 Å². The lowest BCUT2D eigenvalue weighted by Gasteiger charge is -2.18. The lowest BCUT2D eigenvalue weighted by molar-refractivity contribution is -0.274. The number of likely N-dealkylation sites (tertiary alicyclic amines) is 1. The van der Waals surface area contributed by atoms with Crippen molar-refractivity contribution in [2.24, 2.45) is 0 Å². The van der Waals surface area contributed by atoms with Crippen LogP contribution in [-0.4, -0.2) is 41.5 Å². The third kappa shape index (κ3) is 4.59. The smallest absolute Gasteiger partial charge is 0.508 e. The number of phenolic OH excluding ortho intramolecular Hbond substituents is 1. The number of aromatic hydroxyl groups is 1. The van der Waals surface area contributed by atoms with Gasteiger partial charge in [0.1, 0.15) is 23.4 Å². The largest absolute Gasteiger partial charge is 0.573 e. The zero-order valence-electron chi connectivity index (χ0n) is 13.6. The number of nitrogens with zero attached hydrogens (tertiary/aromatic N) is 1. The molecule has 1 fully saturated rings. The van der Waals surface area contributed by atoms with E-state index in [1.165, 1.54) is 29.2 Å². The molecule has 0 radical (unpaired) electrons. The first kappa shape index (κ1) is 17.9. The van der Waals surface area contributed by atoms with Gasteiger partial charge in [0.25, 0.3) is 5.91 Å². The number of rotatable bonds is 4. The van der Waals surface area contributed by atoms with Crippen molar-refractivity contribution in [1.29, 1.82) is 0 Å². The molecule has 0 aliphatic carbocycles. The molecule has 0 aromatic heterocycles. The van der Waals surface area contributed by atoms with Crippen LogP contribution in [0.1, 0.15) is 16.8 Å². The van der Waals surface area contributed by atoms with Crippen molar-refractivity contribution in [3.05, 3.63) is 54.1 Å². The van der Waals surface area contributed by atoms with Gasteiger partial charge in [-0.25, -0.2) is 0 Å². The highest BCUT2D eigenvalue weighted by Crippen LogP contribution is 2.25. The summed E-state index contributed by atoms with van der Waals surface area (Å²) in [5.74, 6) is -0.113. The first-order valence-electron chi connectivity index (χ1n) is 7.91. The second kappa shape index (κ2) is 7.15. The number of amides is 1. The molecule has 5 nitrogen and oxygen atoms in total. The van der Waals surface area contributed by atoms with Crippen molar-refractivity contribution in [3.63, 3.8) is 0 Å². The van der Waals surface area contributed by atoms with E-state index in [9.17, 15) is 23.1 Å². The van der Waals surface area contributed by atoms with Crippen LogP contribution in [0.5, 0.6) is 17.2 Å². The van der Waals surface area contributed by atoms with Crippen LogP contribution in [0, 0.1) is 0 Å². The Bertz CT molecular complexity index is 777. The summed E-state index contributed by atoms with van der Waals surface area (Å²) in [5, 5.41) is 9.26. The average Bonchev–Trinajstić information content (AvgIpc) is 3.03. The number of hydrogen-bond donors (Lipinski definition) is 1. The van der Waals surface area contributed by atoms with Crippen LogP contribution in [0.2, 0.25) is 0 Å². The number of carbonyl (C=O) groups is 1. The van der Waals surface area contributed by atoms with Crippen molar-refractivity contribution in [2.45, 2.75) is 18.9 Å². The Morgan fingerprint density at radius 3 is 2.54 bits per heavy atom. The van der Waals surface area contributed by atoms with Crippen LogP contribution < -0.4 is 9.47 Å². The summed E-state index contributed by atoms with van der Waals surface area (Å²) in [7, 11) is 0. The summed E-state index contributed by atoms with van der Waals surface area (Å²) in [4.78, 5) is 14.0. The molecular formula is C18H16F3NO4. The van der Waals surface area contributed by atoms with Crippen molar-refractivity contribution < 1.29 is 32.5 Å². The molecule has 1 atom stereocenters. The maximum Gasteiger partial charge on any atom is 0.573 e. The van der Waals surface area contributed by atoms with Gasteiger partial charge in [-0.3, -0.25) is 4.79 Å². The van der Waals surface area contributed by atoms with Gasteiger partial charge in [0, 0.05) is 18.5 Å². The second-order valence-electron chi connectivity index (χ2n) is 5.85. The molecular weight excluding hydrogens is 351 g/mol. The van der Waals surface area contributed by atoms with Gasteiger partial charge < -0.3 is 19.5 Å². The minimum Gasteiger partial charge on any atom is -0.508 e. The molecule has 138 valence electrons. The Morgan fingerprint density at radius 1 is 1.12 bits per heavy atom. The standard InChI is InChI=1S/C18H16F3NO4/c19-18(20,21)26-15-3-1-2-12(10-15)17(24)22-9-8-16(11-22)25-14-6-4-13(23)5-7-14/h1-7,10,16,23H,8-9,11H2/t16-/m1/s1. The quantitative estimate of drug-likeness (QED) is 0.897. The zero-order chi connectivity index (χ0) is 18.7. The molecule has 1 saturated heterocycles. The fraction of sp³-hybridized carbons (Fsp3) is 0.278. The van der Waals surface area contributed by atoms with Gasteiger partial charge in [0.2, 0.25) is 0 Å². The monoisotopic (exact) mass is 367 g/mol. The van der Waals surface area contributed by atoms with Gasteiger partial charge in [0.15, 0.2) is 0 Å². The van der Waals surface area contributed by atoms with E-state index in [2.05, 4.69) is 4.74 Å². The van der Waals surface area contributed by atoms with E-state index in [1.54, 1.807) is 12.1 Å². The maximum atomic E-state index is 12.5. The van der Waals surface area contributed by atoms with E-state index >= 15 is 0 Å². The predicted octanol–water partition coefficient (Wildman–Crippen LogP) is 3.58. The highest BCUT2D eigenvalue weighted by Gasteiger charge is 2.32. The van der Waals surface area contributed by atoms with Crippen molar-refractivity contribution in [1.82, 2.24) is 4.90 Å². The first-order chi connectivity index (χ1) is 12.3. The van der Waals surface area contributed by atoms with Crippen molar-refractivity contribution >= 4 is 5.91 Å².